The molecule has 5 rings (SSSR count). The first-order chi connectivity index (χ1) is 14.7. The van der Waals surface area contributed by atoms with Gasteiger partial charge in [-0.15, -0.1) is 0 Å². The fourth-order valence-electron chi connectivity index (χ4n) is 8.36. The molecular formula is C28H39NO2. The first-order valence-corrected chi connectivity index (χ1v) is 12.4. The summed E-state index contributed by atoms with van der Waals surface area (Å²) in [6.45, 7) is 9.25. The summed E-state index contributed by atoms with van der Waals surface area (Å²) in [5, 5.41) is 15.1. The number of anilines is 1. The SMILES string of the molecule is CC(C)=CCC[C@@]12C[C@@H]3CC(=O)[C@@H]4C[C@@]3(C[C@@]1(C)[C@H](C)CC[C@@H]2O)c1ccccc1N4. The van der Waals surface area contributed by atoms with E-state index >= 15 is 0 Å². The Balaban J connectivity index is 1.64. The fourth-order valence-corrected chi connectivity index (χ4v) is 8.36. The number of ketones is 1. The van der Waals surface area contributed by atoms with Gasteiger partial charge in [0.2, 0.25) is 0 Å². The molecule has 4 aliphatic rings. The normalized spacial score (nSPS) is 43.2. The summed E-state index contributed by atoms with van der Waals surface area (Å²) in [5.74, 6) is 1.28. The molecule has 2 N–H and O–H groups in total. The van der Waals surface area contributed by atoms with Crippen LogP contribution in [-0.4, -0.2) is 23.0 Å². The van der Waals surface area contributed by atoms with Gasteiger partial charge in [0, 0.05) is 22.9 Å². The Bertz CT molecular complexity index is 917. The standard InChI is InChI=1S/C28H39NO2/c1-18(2)8-7-13-28-15-20-14-24(30)23-16-27(20,21-9-5-6-10-22(21)29-23)17-26(28,4)19(3)11-12-25(28)31/h5-6,8-10,19-20,23,25,29,31H,7,11-17H2,1-4H3/t19-,20+,23+,25+,26+,27+,28+/m1/s1. The minimum absolute atomic E-state index is 0.0447. The van der Waals surface area contributed by atoms with Crippen molar-refractivity contribution >= 4 is 11.5 Å². The second-order valence-corrected chi connectivity index (χ2v) is 11.7. The molecule has 3 heteroatoms. The van der Waals surface area contributed by atoms with Crippen LogP contribution >= 0.6 is 0 Å². The molecule has 7 atom stereocenters. The molecule has 0 saturated heterocycles. The summed E-state index contributed by atoms with van der Waals surface area (Å²) in [7, 11) is 0. The lowest BCUT2D eigenvalue weighted by Crippen LogP contribution is -2.66. The van der Waals surface area contributed by atoms with Gasteiger partial charge in [-0.2, -0.15) is 0 Å². The van der Waals surface area contributed by atoms with E-state index in [9.17, 15) is 9.90 Å². The zero-order chi connectivity index (χ0) is 22.0. The molecule has 3 saturated carbocycles. The number of rotatable bonds is 3. The van der Waals surface area contributed by atoms with Crippen molar-refractivity contribution in [2.24, 2.45) is 22.7 Å². The van der Waals surface area contributed by atoms with Gasteiger partial charge in [-0.3, -0.25) is 4.79 Å². The number of hydrogen-bond donors (Lipinski definition) is 2. The first-order valence-electron chi connectivity index (χ1n) is 12.4. The van der Waals surface area contributed by atoms with Gasteiger partial charge in [-0.1, -0.05) is 43.7 Å². The van der Waals surface area contributed by atoms with Crippen molar-refractivity contribution in [1.82, 2.24) is 0 Å². The van der Waals surface area contributed by atoms with Crippen LogP contribution in [0.25, 0.3) is 0 Å². The Morgan fingerprint density at radius 1 is 1.23 bits per heavy atom. The summed E-state index contributed by atoms with van der Waals surface area (Å²) in [6.07, 6.45) is 9.81. The summed E-state index contributed by atoms with van der Waals surface area (Å²) in [6, 6.07) is 8.68. The molecule has 1 spiro atoms. The van der Waals surface area contributed by atoms with Crippen molar-refractivity contribution in [1.29, 1.82) is 0 Å². The van der Waals surface area contributed by atoms with E-state index in [0.29, 0.717) is 24.0 Å². The quantitative estimate of drug-likeness (QED) is 0.587. The molecule has 3 fully saturated rings. The van der Waals surface area contributed by atoms with E-state index in [0.717, 1.165) is 44.9 Å². The van der Waals surface area contributed by atoms with Crippen molar-refractivity contribution in [3.63, 3.8) is 0 Å². The average Bonchev–Trinajstić information content (AvgIpc) is 2.72. The van der Waals surface area contributed by atoms with Crippen LogP contribution in [0.4, 0.5) is 5.69 Å². The first kappa shape index (κ1) is 21.2. The molecule has 1 aliphatic heterocycles. The van der Waals surface area contributed by atoms with Crippen LogP contribution in [0.5, 0.6) is 0 Å². The Kier molecular flexibility index (Phi) is 4.93. The Morgan fingerprint density at radius 2 is 2.00 bits per heavy atom. The van der Waals surface area contributed by atoms with Gasteiger partial charge in [0.1, 0.15) is 0 Å². The van der Waals surface area contributed by atoms with Crippen molar-refractivity contribution in [3.8, 4) is 0 Å². The number of carbonyl (C=O) groups is 1. The molecule has 3 nitrogen and oxygen atoms in total. The molecule has 0 aromatic heterocycles. The molecule has 1 heterocycles. The van der Waals surface area contributed by atoms with E-state index in [1.165, 1.54) is 16.8 Å². The van der Waals surface area contributed by atoms with Gasteiger partial charge in [-0.25, -0.2) is 0 Å². The Morgan fingerprint density at radius 3 is 2.77 bits per heavy atom. The van der Waals surface area contributed by atoms with Crippen molar-refractivity contribution in [2.75, 3.05) is 5.32 Å². The number of para-hydroxylation sites is 1. The van der Waals surface area contributed by atoms with Crippen LogP contribution in [0.3, 0.4) is 0 Å². The minimum atomic E-state index is -0.263. The third-order valence-corrected chi connectivity index (χ3v) is 10.2. The molecule has 0 unspecified atom stereocenters. The number of nitrogens with one attached hydrogen (secondary N) is 1. The zero-order valence-electron chi connectivity index (χ0n) is 19.7. The number of fused-ring (bicyclic) bond motifs is 3. The molecule has 1 aromatic rings. The van der Waals surface area contributed by atoms with Gasteiger partial charge >= 0.3 is 0 Å². The number of hydrogen-bond acceptors (Lipinski definition) is 3. The second kappa shape index (κ2) is 7.20. The van der Waals surface area contributed by atoms with Crippen LogP contribution in [0, 0.1) is 22.7 Å². The lowest BCUT2D eigenvalue weighted by molar-refractivity contribution is -0.199. The number of Topliss-reactive ketones (excluding diaryl/α,β-unsaturated/α-hetero) is 1. The van der Waals surface area contributed by atoms with Gasteiger partial charge in [0.15, 0.2) is 5.78 Å². The molecule has 31 heavy (non-hydrogen) atoms. The number of carbonyl (C=O) groups excluding carboxylic acids is 1. The highest BCUT2D eigenvalue weighted by Gasteiger charge is 2.67. The van der Waals surface area contributed by atoms with E-state index in [1.54, 1.807) is 0 Å². The monoisotopic (exact) mass is 421 g/mol. The smallest absolute Gasteiger partial charge is 0.155 e. The number of allylic oxidation sites excluding steroid dienone is 2. The highest BCUT2D eigenvalue weighted by Crippen LogP contribution is 2.71. The lowest BCUT2D eigenvalue weighted by atomic mass is 9.36. The van der Waals surface area contributed by atoms with Crippen LogP contribution in [0.1, 0.15) is 84.6 Å². The average molecular weight is 422 g/mol. The molecule has 2 bridgehead atoms. The molecule has 0 radical (unpaired) electrons. The van der Waals surface area contributed by atoms with E-state index < -0.39 is 0 Å². The maximum Gasteiger partial charge on any atom is 0.155 e. The fraction of sp³-hybridized carbons (Fsp3) is 0.679. The van der Waals surface area contributed by atoms with E-state index in [2.05, 4.69) is 63.4 Å². The van der Waals surface area contributed by atoms with Gasteiger partial charge in [0.25, 0.3) is 0 Å². The number of aliphatic hydroxyl groups is 1. The van der Waals surface area contributed by atoms with Crippen molar-refractivity contribution in [3.05, 3.63) is 41.5 Å². The summed E-state index contributed by atoms with van der Waals surface area (Å²) in [5.41, 5.74) is 3.98. The predicted molar refractivity (Wildman–Crippen MR) is 126 cm³/mol. The summed E-state index contributed by atoms with van der Waals surface area (Å²) in [4.78, 5) is 13.1. The Hall–Kier alpha value is -1.61. The molecular weight excluding hydrogens is 382 g/mol. The van der Waals surface area contributed by atoms with Crippen molar-refractivity contribution in [2.45, 2.75) is 96.6 Å². The third kappa shape index (κ3) is 2.91. The van der Waals surface area contributed by atoms with Crippen molar-refractivity contribution < 1.29 is 9.90 Å². The van der Waals surface area contributed by atoms with E-state index in [-0.39, 0.29) is 28.4 Å². The summed E-state index contributed by atoms with van der Waals surface area (Å²) < 4.78 is 0. The maximum absolute atomic E-state index is 13.1. The van der Waals surface area contributed by atoms with Crippen LogP contribution in [0.15, 0.2) is 35.9 Å². The number of benzene rings is 1. The van der Waals surface area contributed by atoms with Crippen LogP contribution in [-0.2, 0) is 10.2 Å². The molecule has 1 aromatic carbocycles. The lowest BCUT2D eigenvalue weighted by Gasteiger charge is -2.69. The minimum Gasteiger partial charge on any atom is -0.393 e. The highest BCUT2D eigenvalue weighted by molar-refractivity contribution is 5.90. The van der Waals surface area contributed by atoms with Crippen LogP contribution < -0.4 is 5.32 Å². The third-order valence-electron chi connectivity index (χ3n) is 10.2. The van der Waals surface area contributed by atoms with Crippen LogP contribution in [0.2, 0.25) is 0 Å². The highest BCUT2D eigenvalue weighted by atomic mass is 16.3. The van der Waals surface area contributed by atoms with E-state index in [4.69, 9.17) is 0 Å². The van der Waals surface area contributed by atoms with E-state index in [1.807, 2.05) is 0 Å². The number of aliphatic hydroxyl groups excluding tert-OH is 1. The zero-order valence-corrected chi connectivity index (χ0v) is 19.7. The van der Waals surface area contributed by atoms with Gasteiger partial charge in [-0.05, 0) is 87.7 Å². The maximum atomic E-state index is 13.1. The summed E-state index contributed by atoms with van der Waals surface area (Å²) >= 11 is 0. The predicted octanol–water partition coefficient (Wildman–Crippen LogP) is 6.02. The molecule has 168 valence electrons. The van der Waals surface area contributed by atoms with Gasteiger partial charge in [0.05, 0.1) is 12.1 Å². The molecule has 0 amide bonds. The molecule has 3 aliphatic carbocycles. The Labute approximate surface area is 187 Å². The topological polar surface area (TPSA) is 49.3 Å². The van der Waals surface area contributed by atoms with Gasteiger partial charge < -0.3 is 10.4 Å². The largest absolute Gasteiger partial charge is 0.393 e. The second-order valence-electron chi connectivity index (χ2n) is 11.7.